The van der Waals surface area contributed by atoms with E-state index in [9.17, 15) is 23.1 Å². The number of aliphatic hydroxyl groups is 1. The maximum atomic E-state index is 12.5. The van der Waals surface area contributed by atoms with E-state index in [0.717, 1.165) is 12.1 Å². The van der Waals surface area contributed by atoms with Crippen molar-refractivity contribution in [1.82, 2.24) is 9.97 Å². The monoisotopic (exact) mass is 385 g/mol. The molecule has 10 heteroatoms. The zero-order valence-corrected chi connectivity index (χ0v) is 14.6. The van der Waals surface area contributed by atoms with E-state index in [1.54, 1.807) is 11.9 Å². The first-order valence-corrected chi connectivity index (χ1v) is 7.80. The second-order valence-corrected chi connectivity index (χ2v) is 5.63. The molecule has 146 valence electrons. The number of aromatic nitrogens is 2. The molecule has 7 nitrogen and oxygen atoms in total. The Labute approximate surface area is 153 Å². The van der Waals surface area contributed by atoms with Crippen molar-refractivity contribution in [2.24, 2.45) is 0 Å². The molecule has 1 atom stereocenters. The number of anilines is 1. The van der Waals surface area contributed by atoms with Crippen molar-refractivity contribution in [2.75, 3.05) is 32.2 Å². The van der Waals surface area contributed by atoms with Gasteiger partial charge in [0.1, 0.15) is 18.5 Å². The van der Waals surface area contributed by atoms with E-state index in [4.69, 9.17) is 4.74 Å². The van der Waals surface area contributed by atoms with E-state index in [-0.39, 0.29) is 30.4 Å². The number of rotatable bonds is 7. The van der Waals surface area contributed by atoms with Crippen LogP contribution in [-0.2, 0) is 10.9 Å². The number of nitrogens with zero attached hydrogens (tertiary/aromatic N) is 3. The van der Waals surface area contributed by atoms with Crippen LogP contribution < -0.4 is 9.64 Å². The number of likely N-dealkylation sites (N-methyl/N-ethyl adjacent to an activating group) is 1. The third-order valence-corrected chi connectivity index (χ3v) is 3.51. The minimum absolute atomic E-state index is 0.109. The Morgan fingerprint density at radius 1 is 1.22 bits per heavy atom. The standard InChI is InChI=1S/C17H18F3N3O4/c1-23(16-21-7-11(8-22-16)15(25)26-2)9-13(24)10-27-14-5-3-12(4-6-14)17(18,19)20/h3-8,13,24H,9-10H2,1-2H3/t13-/m1/s1. The Bertz CT molecular complexity index is 752. The van der Waals surface area contributed by atoms with Crippen LogP contribution in [0.3, 0.4) is 0 Å². The van der Waals surface area contributed by atoms with Gasteiger partial charge in [-0.2, -0.15) is 13.2 Å². The Hall–Kier alpha value is -2.88. The predicted octanol–water partition coefficient (Wildman–Crippen LogP) is 2.16. The molecule has 0 saturated carbocycles. The van der Waals surface area contributed by atoms with Crippen LogP contribution in [0.5, 0.6) is 5.75 Å². The first-order valence-electron chi connectivity index (χ1n) is 7.80. The molecule has 1 heterocycles. The van der Waals surface area contributed by atoms with Crippen LogP contribution in [0.25, 0.3) is 0 Å². The summed E-state index contributed by atoms with van der Waals surface area (Å²) in [5, 5.41) is 10.0. The zero-order valence-electron chi connectivity index (χ0n) is 14.6. The van der Waals surface area contributed by atoms with Gasteiger partial charge in [-0.25, -0.2) is 14.8 Å². The lowest BCUT2D eigenvalue weighted by atomic mass is 10.2. The highest BCUT2D eigenvalue weighted by Gasteiger charge is 2.30. The minimum Gasteiger partial charge on any atom is -0.491 e. The van der Waals surface area contributed by atoms with Crippen molar-refractivity contribution in [3.63, 3.8) is 0 Å². The molecule has 2 rings (SSSR count). The zero-order chi connectivity index (χ0) is 20.0. The van der Waals surface area contributed by atoms with E-state index in [2.05, 4.69) is 14.7 Å². The predicted molar refractivity (Wildman–Crippen MR) is 89.6 cm³/mol. The van der Waals surface area contributed by atoms with E-state index in [1.165, 1.54) is 31.6 Å². The number of benzene rings is 1. The normalized spacial score (nSPS) is 12.4. The Morgan fingerprint density at radius 3 is 2.33 bits per heavy atom. The minimum atomic E-state index is -4.41. The van der Waals surface area contributed by atoms with Crippen LogP contribution in [-0.4, -0.2) is 54.5 Å². The molecule has 0 amide bonds. The van der Waals surface area contributed by atoms with Crippen LogP contribution in [0.2, 0.25) is 0 Å². The fourth-order valence-corrected chi connectivity index (χ4v) is 2.12. The summed E-state index contributed by atoms with van der Waals surface area (Å²) in [5.41, 5.74) is -0.580. The second-order valence-electron chi connectivity index (χ2n) is 5.63. The lowest BCUT2D eigenvalue weighted by Gasteiger charge is -2.21. The van der Waals surface area contributed by atoms with Gasteiger partial charge < -0.3 is 19.5 Å². The number of hydrogen-bond acceptors (Lipinski definition) is 7. The summed E-state index contributed by atoms with van der Waals surface area (Å²) in [7, 11) is 2.88. The van der Waals surface area contributed by atoms with Crippen molar-refractivity contribution >= 4 is 11.9 Å². The summed E-state index contributed by atoms with van der Waals surface area (Å²) >= 11 is 0. The van der Waals surface area contributed by atoms with Crippen LogP contribution >= 0.6 is 0 Å². The highest BCUT2D eigenvalue weighted by atomic mass is 19.4. The van der Waals surface area contributed by atoms with E-state index >= 15 is 0 Å². The number of methoxy groups -OCH3 is 1. The van der Waals surface area contributed by atoms with Crippen molar-refractivity contribution in [3.05, 3.63) is 47.8 Å². The van der Waals surface area contributed by atoms with Gasteiger partial charge >= 0.3 is 12.1 Å². The average Bonchev–Trinajstić information content (AvgIpc) is 2.65. The van der Waals surface area contributed by atoms with Gasteiger partial charge in [0.05, 0.1) is 18.2 Å². The number of halogens is 3. The Kier molecular flexibility index (Phi) is 6.56. The molecule has 0 radical (unpaired) electrons. The largest absolute Gasteiger partial charge is 0.491 e. The number of carbonyl (C=O) groups excluding carboxylic acids is 1. The number of esters is 1. The number of alkyl halides is 3. The first-order chi connectivity index (χ1) is 12.7. The summed E-state index contributed by atoms with van der Waals surface area (Å²) in [6.45, 7) is -0.0197. The van der Waals surface area contributed by atoms with Crippen molar-refractivity contribution in [1.29, 1.82) is 0 Å². The molecular weight excluding hydrogens is 367 g/mol. The van der Waals surface area contributed by atoms with Gasteiger partial charge in [0.25, 0.3) is 0 Å². The highest BCUT2D eigenvalue weighted by molar-refractivity contribution is 5.88. The molecule has 0 aliphatic carbocycles. The summed E-state index contributed by atoms with van der Waals surface area (Å²) < 4.78 is 47.4. The third-order valence-electron chi connectivity index (χ3n) is 3.51. The lowest BCUT2D eigenvalue weighted by Crippen LogP contribution is -2.34. The molecular formula is C17H18F3N3O4. The van der Waals surface area contributed by atoms with Crippen LogP contribution in [0, 0.1) is 0 Å². The maximum Gasteiger partial charge on any atom is 0.416 e. The molecule has 1 N–H and O–H groups in total. The molecule has 27 heavy (non-hydrogen) atoms. The Balaban J connectivity index is 1.86. The van der Waals surface area contributed by atoms with E-state index in [1.807, 2.05) is 0 Å². The molecule has 0 aliphatic rings. The molecule has 0 aliphatic heterocycles. The molecule has 0 fully saturated rings. The lowest BCUT2D eigenvalue weighted by molar-refractivity contribution is -0.137. The summed E-state index contributed by atoms with van der Waals surface area (Å²) in [5.74, 6) is -0.0752. The summed E-state index contributed by atoms with van der Waals surface area (Å²) in [6.07, 6.45) is -2.75. The van der Waals surface area contributed by atoms with Gasteiger partial charge in [-0.05, 0) is 24.3 Å². The van der Waals surface area contributed by atoms with E-state index in [0.29, 0.717) is 0 Å². The van der Waals surface area contributed by atoms with Crippen LogP contribution in [0.1, 0.15) is 15.9 Å². The summed E-state index contributed by atoms with van der Waals surface area (Å²) in [6, 6.07) is 4.19. The van der Waals surface area contributed by atoms with Crippen molar-refractivity contribution in [2.45, 2.75) is 12.3 Å². The molecule has 0 bridgehead atoms. The topological polar surface area (TPSA) is 84.8 Å². The van der Waals surface area contributed by atoms with Crippen molar-refractivity contribution in [3.8, 4) is 5.75 Å². The number of aliphatic hydroxyl groups excluding tert-OH is 1. The van der Waals surface area contributed by atoms with Crippen molar-refractivity contribution < 1.29 is 32.5 Å². The number of carbonyl (C=O) groups is 1. The number of ether oxygens (including phenoxy) is 2. The van der Waals surface area contributed by atoms with Gasteiger partial charge in [-0.1, -0.05) is 0 Å². The highest BCUT2D eigenvalue weighted by Crippen LogP contribution is 2.30. The quantitative estimate of drug-likeness (QED) is 0.731. The van der Waals surface area contributed by atoms with Gasteiger partial charge in [0, 0.05) is 26.0 Å². The molecule has 0 unspecified atom stereocenters. The van der Waals surface area contributed by atoms with Gasteiger partial charge in [-0.3, -0.25) is 0 Å². The second kappa shape index (κ2) is 8.67. The maximum absolute atomic E-state index is 12.5. The molecule has 1 aromatic carbocycles. The first kappa shape index (κ1) is 20.4. The van der Waals surface area contributed by atoms with Crippen LogP contribution in [0.4, 0.5) is 19.1 Å². The molecule has 0 saturated heterocycles. The van der Waals surface area contributed by atoms with Gasteiger partial charge in [0.2, 0.25) is 5.95 Å². The fourth-order valence-electron chi connectivity index (χ4n) is 2.12. The number of hydrogen-bond donors (Lipinski definition) is 1. The van der Waals surface area contributed by atoms with Gasteiger partial charge in [0.15, 0.2) is 0 Å². The summed E-state index contributed by atoms with van der Waals surface area (Å²) in [4.78, 5) is 20.9. The Morgan fingerprint density at radius 2 is 1.81 bits per heavy atom. The molecule has 2 aromatic rings. The average molecular weight is 385 g/mol. The third kappa shape index (κ3) is 5.81. The smallest absolute Gasteiger partial charge is 0.416 e. The SMILES string of the molecule is COC(=O)c1cnc(N(C)C[C@@H](O)COc2ccc(C(F)(F)F)cc2)nc1. The fraction of sp³-hybridized carbons (Fsp3) is 0.353. The molecule has 1 aromatic heterocycles. The van der Waals surface area contributed by atoms with Crippen LogP contribution in [0.15, 0.2) is 36.7 Å². The van der Waals surface area contributed by atoms with E-state index < -0.39 is 23.8 Å². The molecule has 0 spiro atoms. The van der Waals surface area contributed by atoms with Gasteiger partial charge in [-0.15, -0.1) is 0 Å².